The molecule has 1 N–H and O–H groups in total. The lowest BCUT2D eigenvalue weighted by molar-refractivity contribution is 0.459. The summed E-state index contributed by atoms with van der Waals surface area (Å²) >= 11 is 0. The van der Waals surface area contributed by atoms with Gasteiger partial charge in [-0.05, 0) is 18.6 Å². The van der Waals surface area contributed by atoms with Gasteiger partial charge in [0, 0.05) is 26.8 Å². The molecule has 96 valence electrons. The molecule has 0 saturated carbocycles. The van der Waals surface area contributed by atoms with E-state index < -0.39 is 10.0 Å². The lowest BCUT2D eigenvalue weighted by Crippen LogP contribution is -2.28. The van der Waals surface area contributed by atoms with E-state index in [1.165, 1.54) is 4.31 Å². The minimum atomic E-state index is -3.45. The van der Waals surface area contributed by atoms with Crippen molar-refractivity contribution in [3.63, 3.8) is 0 Å². The summed E-state index contributed by atoms with van der Waals surface area (Å²) in [5.74, 6) is 0.385. The Morgan fingerprint density at radius 1 is 1.47 bits per heavy atom. The van der Waals surface area contributed by atoms with Crippen LogP contribution in [-0.4, -0.2) is 38.3 Å². The third-order valence-corrected chi connectivity index (χ3v) is 4.41. The lowest BCUT2D eigenvalue weighted by atomic mass is 10.3. The van der Waals surface area contributed by atoms with Gasteiger partial charge in [0.15, 0.2) is 0 Å². The van der Waals surface area contributed by atoms with Gasteiger partial charge in [0.2, 0.25) is 10.0 Å². The number of anilines is 1. The standard InChI is InChI=1S/C11H19N3O2S/c1-4-5-9-14(3)17(15,16)10-7-6-8-13-11(10)12-2/h6-8H,4-5,9H2,1-3H3,(H,12,13). The van der Waals surface area contributed by atoms with E-state index in [0.29, 0.717) is 12.4 Å². The number of hydrogen-bond donors (Lipinski definition) is 1. The van der Waals surface area contributed by atoms with Crippen molar-refractivity contribution in [3.05, 3.63) is 18.3 Å². The van der Waals surface area contributed by atoms with Gasteiger partial charge < -0.3 is 5.32 Å². The van der Waals surface area contributed by atoms with E-state index in [9.17, 15) is 8.42 Å². The van der Waals surface area contributed by atoms with E-state index in [1.807, 2.05) is 6.92 Å². The average Bonchev–Trinajstić information content (AvgIpc) is 2.35. The van der Waals surface area contributed by atoms with Gasteiger partial charge >= 0.3 is 0 Å². The van der Waals surface area contributed by atoms with Gasteiger partial charge in [-0.2, -0.15) is 0 Å². The molecule has 0 aliphatic carbocycles. The highest BCUT2D eigenvalue weighted by Gasteiger charge is 2.23. The molecule has 1 aromatic rings. The van der Waals surface area contributed by atoms with Gasteiger partial charge in [-0.15, -0.1) is 0 Å². The lowest BCUT2D eigenvalue weighted by Gasteiger charge is -2.18. The first-order valence-corrected chi connectivity index (χ1v) is 7.07. The van der Waals surface area contributed by atoms with E-state index in [4.69, 9.17) is 0 Å². The number of rotatable bonds is 6. The Morgan fingerprint density at radius 2 is 2.18 bits per heavy atom. The molecule has 0 aliphatic rings. The van der Waals surface area contributed by atoms with E-state index in [2.05, 4.69) is 10.3 Å². The second kappa shape index (κ2) is 5.97. The zero-order valence-corrected chi connectivity index (χ0v) is 11.3. The van der Waals surface area contributed by atoms with Crippen molar-refractivity contribution in [2.45, 2.75) is 24.7 Å². The molecule has 0 saturated heterocycles. The minimum absolute atomic E-state index is 0.223. The first-order valence-electron chi connectivity index (χ1n) is 5.63. The van der Waals surface area contributed by atoms with Gasteiger partial charge in [0.25, 0.3) is 0 Å². The number of nitrogens with one attached hydrogen (secondary N) is 1. The second-order valence-corrected chi connectivity index (χ2v) is 5.79. The predicted octanol–water partition coefficient (Wildman–Crippen LogP) is 1.54. The number of nitrogens with zero attached hydrogens (tertiary/aromatic N) is 2. The van der Waals surface area contributed by atoms with Crippen molar-refractivity contribution in [1.82, 2.24) is 9.29 Å². The molecule has 1 heterocycles. The van der Waals surface area contributed by atoms with Crippen molar-refractivity contribution >= 4 is 15.8 Å². The fourth-order valence-electron chi connectivity index (χ4n) is 1.46. The summed E-state index contributed by atoms with van der Waals surface area (Å²) in [7, 11) is -0.191. The Balaban J connectivity index is 3.04. The second-order valence-electron chi connectivity index (χ2n) is 3.78. The quantitative estimate of drug-likeness (QED) is 0.839. The molecule has 0 atom stereocenters. The Hall–Kier alpha value is -1.14. The minimum Gasteiger partial charge on any atom is -0.372 e. The van der Waals surface area contributed by atoms with Crippen LogP contribution in [0.4, 0.5) is 5.82 Å². The zero-order valence-electron chi connectivity index (χ0n) is 10.5. The predicted molar refractivity (Wildman–Crippen MR) is 68.5 cm³/mol. The Kier molecular flexibility index (Phi) is 4.89. The molecule has 0 amide bonds. The van der Waals surface area contributed by atoms with Crippen LogP contribution < -0.4 is 5.32 Å². The van der Waals surface area contributed by atoms with Crippen molar-refractivity contribution < 1.29 is 8.42 Å². The van der Waals surface area contributed by atoms with Crippen molar-refractivity contribution in [2.24, 2.45) is 0 Å². The van der Waals surface area contributed by atoms with Crippen molar-refractivity contribution in [1.29, 1.82) is 0 Å². The highest BCUT2D eigenvalue weighted by molar-refractivity contribution is 7.89. The van der Waals surface area contributed by atoms with Gasteiger partial charge in [-0.25, -0.2) is 17.7 Å². The molecule has 0 aromatic carbocycles. The average molecular weight is 257 g/mol. The Labute approximate surface area is 103 Å². The van der Waals surface area contributed by atoms with Crippen LogP contribution in [0.25, 0.3) is 0 Å². The topological polar surface area (TPSA) is 62.3 Å². The van der Waals surface area contributed by atoms with Gasteiger partial charge in [0.05, 0.1) is 0 Å². The maximum absolute atomic E-state index is 12.3. The summed E-state index contributed by atoms with van der Waals surface area (Å²) in [6.45, 7) is 2.56. The molecule has 0 bridgehead atoms. The van der Waals surface area contributed by atoms with Gasteiger partial charge in [0.1, 0.15) is 10.7 Å². The van der Waals surface area contributed by atoms with E-state index >= 15 is 0 Å². The van der Waals surface area contributed by atoms with Gasteiger partial charge in [-0.1, -0.05) is 13.3 Å². The van der Waals surface area contributed by atoms with E-state index in [-0.39, 0.29) is 4.90 Å². The summed E-state index contributed by atoms with van der Waals surface area (Å²) in [6.07, 6.45) is 3.38. The molecule has 5 nitrogen and oxygen atoms in total. The molecule has 0 aliphatic heterocycles. The maximum atomic E-state index is 12.3. The zero-order chi connectivity index (χ0) is 12.9. The fraction of sp³-hybridized carbons (Fsp3) is 0.545. The fourth-order valence-corrected chi connectivity index (χ4v) is 2.81. The molecule has 1 aromatic heterocycles. The third kappa shape index (κ3) is 3.17. The molecule has 0 fully saturated rings. The molecule has 0 radical (unpaired) electrons. The number of aromatic nitrogens is 1. The summed E-state index contributed by atoms with van der Waals surface area (Å²) < 4.78 is 25.9. The van der Waals surface area contributed by atoms with Crippen LogP contribution in [0.1, 0.15) is 19.8 Å². The van der Waals surface area contributed by atoms with Gasteiger partial charge in [-0.3, -0.25) is 0 Å². The van der Waals surface area contributed by atoms with Crippen LogP contribution >= 0.6 is 0 Å². The van der Waals surface area contributed by atoms with E-state index in [0.717, 1.165) is 12.8 Å². The highest BCUT2D eigenvalue weighted by atomic mass is 32.2. The Bertz CT molecular complexity index is 460. The highest BCUT2D eigenvalue weighted by Crippen LogP contribution is 2.21. The molecule has 0 unspecified atom stereocenters. The van der Waals surface area contributed by atoms with Crippen molar-refractivity contribution in [3.8, 4) is 0 Å². The van der Waals surface area contributed by atoms with E-state index in [1.54, 1.807) is 32.4 Å². The van der Waals surface area contributed by atoms with Crippen molar-refractivity contribution in [2.75, 3.05) is 26.0 Å². The number of unbranched alkanes of at least 4 members (excludes halogenated alkanes) is 1. The molecule has 1 rings (SSSR count). The summed E-state index contributed by atoms with van der Waals surface area (Å²) in [5, 5.41) is 2.80. The summed E-state index contributed by atoms with van der Waals surface area (Å²) in [4.78, 5) is 4.23. The third-order valence-electron chi connectivity index (χ3n) is 2.52. The molecule has 6 heteroatoms. The van der Waals surface area contributed by atoms with Crippen LogP contribution in [0.3, 0.4) is 0 Å². The van der Waals surface area contributed by atoms with Crippen LogP contribution in [0, 0.1) is 0 Å². The first kappa shape index (κ1) is 13.9. The van der Waals surface area contributed by atoms with Crippen LogP contribution in [0.2, 0.25) is 0 Å². The van der Waals surface area contributed by atoms with Crippen LogP contribution in [0.5, 0.6) is 0 Å². The number of sulfonamides is 1. The van der Waals surface area contributed by atoms with Crippen LogP contribution in [-0.2, 0) is 10.0 Å². The first-order chi connectivity index (χ1) is 8.04. The maximum Gasteiger partial charge on any atom is 0.246 e. The summed E-state index contributed by atoms with van der Waals surface area (Å²) in [6, 6.07) is 3.19. The Morgan fingerprint density at radius 3 is 2.76 bits per heavy atom. The monoisotopic (exact) mass is 257 g/mol. The molecular formula is C11H19N3O2S. The molecular weight excluding hydrogens is 238 g/mol. The summed E-state index contributed by atoms with van der Waals surface area (Å²) in [5.41, 5.74) is 0. The normalized spacial score (nSPS) is 11.8. The largest absolute Gasteiger partial charge is 0.372 e. The number of hydrogen-bond acceptors (Lipinski definition) is 4. The van der Waals surface area contributed by atoms with Crippen LogP contribution in [0.15, 0.2) is 23.2 Å². The SMILES string of the molecule is CCCCN(C)S(=O)(=O)c1cccnc1NC. The smallest absolute Gasteiger partial charge is 0.246 e. The molecule has 17 heavy (non-hydrogen) atoms. The molecule has 0 spiro atoms. The number of pyridine rings is 1.